The van der Waals surface area contributed by atoms with Crippen LogP contribution in [0.4, 0.5) is 22.0 Å². The Kier molecular flexibility index (Phi) is 7.47. The van der Waals surface area contributed by atoms with Crippen LogP contribution < -0.4 is 9.47 Å². The summed E-state index contributed by atoms with van der Waals surface area (Å²) in [6, 6.07) is 8.47. The van der Waals surface area contributed by atoms with E-state index in [1.165, 1.54) is 24.3 Å². The minimum Gasteiger partial charge on any atom is -0.490 e. The molecule has 0 fully saturated rings. The maximum Gasteiger partial charge on any atom is 0.387 e. The standard InChI is InChI=1S/C20H17F5O2/c1-2-15-11-13(6-8-17(15)27-20(24)25)3-4-14-5-7-16(21)18(12-14)26-10-9-19(22)23/h5-8,11-12,19-20H,2,9-10H2,1H3. The topological polar surface area (TPSA) is 18.5 Å². The quantitative estimate of drug-likeness (QED) is 0.469. The second-order valence-electron chi connectivity index (χ2n) is 5.48. The van der Waals surface area contributed by atoms with E-state index in [1.807, 2.05) is 0 Å². The summed E-state index contributed by atoms with van der Waals surface area (Å²) in [5, 5.41) is 0. The molecule has 0 saturated heterocycles. The van der Waals surface area contributed by atoms with E-state index in [4.69, 9.17) is 4.74 Å². The molecule has 2 aromatic rings. The first-order valence-corrected chi connectivity index (χ1v) is 8.19. The highest BCUT2D eigenvalue weighted by atomic mass is 19.3. The average Bonchev–Trinajstić information content (AvgIpc) is 2.62. The van der Waals surface area contributed by atoms with Crippen LogP contribution in [-0.4, -0.2) is 19.6 Å². The van der Waals surface area contributed by atoms with Crippen molar-refractivity contribution in [1.29, 1.82) is 0 Å². The molecule has 7 heteroatoms. The van der Waals surface area contributed by atoms with Crippen molar-refractivity contribution in [2.75, 3.05) is 6.61 Å². The summed E-state index contributed by atoms with van der Waals surface area (Å²) in [6.07, 6.45) is -2.54. The Balaban J connectivity index is 2.17. The Morgan fingerprint density at radius 3 is 2.22 bits per heavy atom. The maximum atomic E-state index is 13.7. The normalized spacial score (nSPS) is 10.7. The summed E-state index contributed by atoms with van der Waals surface area (Å²) in [7, 11) is 0. The molecule has 0 bridgehead atoms. The molecule has 0 atom stereocenters. The van der Waals surface area contributed by atoms with Crippen molar-refractivity contribution in [2.24, 2.45) is 0 Å². The smallest absolute Gasteiger partial charge is 0.387 e. The summed E-state index contributed by atoms with van der Waals surface area (Å²) in [5.41, 5.74) is 1.57. The van der Waals surface area contributed by atoms with Crippen LogP contribution in [0.3, 0.4) is 0 Å². The molecule has 0 spiro atoms. The zero-order chi connectivity index (χ0) is 19.8. The minimum atomic E-state index is -2.91. The molecule has 0 amide bonds. The molecule has 144 valence electrons. The van der Waals surface area contributed by atoms with Crippen LogP contribution in [0.5, 0.6) is 11.5 Å². The Morgan fingerprint density at radius 2 is 1.59 bits per heavy atom. The third kappa shape index (κ3) is 6.48. The van der Waals surface area contributed by atoms with Gasteiger partial charge in [-0.25, -0.2) is 13.2 Å². The predicted molar refractivity (Wildman–Crippen MR) is 90.9 cm³/mol. The third-order valence-corrected chi connectivity index (χ3v) is 3.53. The molecule has 0 saturated carbocycles. The van der Waals surface area contributed by atoms with Gasteiger partial charge >= 0.3 is 6.61 Å². The van der Waals surface area contributed by atoms with Crippen molar-refractivity contribution in [3.8, 4) is 23.3 Å². The van der Waals surface area contributed by atoms with Crippen LogP contribution >= 0.6 is 0 Å². The second kappa shape index (κ2) is 9.81. The van der Waals surface area contributed by atoms with E-state index in [1.54, 1.807) is 13.0 Å². The number of hydrogen-bond donors (Lipinski definition) is 0. The van der Waals surface area contributed by atoms with Crippen molar-refractivity contribution in [3.63, 3.8) is 0 Å². The highest BCUT2D eigenvalue weighted by Gasteiger charge is 2.09. The number of benzene rings is 2. The first-order valence-electron chi connectivity index (χ1n) is 8.19. The second-order valence-corrected chi connectivity index (χ2v) is 5.48. The Hall–Kier alpha value is -2.75. The van der Waals surface area contributed by atoms with Gasteiger partial charge in [0, 0.05) is 17.5 Å². The Morgan fingerprint density at radius 1 is 0.926 bits per heavy atom. The average molecular weight is 384 g/mol. The highest BCUT2D eigenvalue weighted by molar-refractivity contribution is 5.49. The lowest BCUT2D eigenvalue weighted by Crippen LogP contribution is -2.04. The zero-order valence-corrected chi connectivity index (χ0v) is 14.4. The predicted octanol–water partition coefficient (Wildman–Crippen LogP) is 5.42. The molecule has 0 aliphatic rings. The monoisotopic (exact) mass is 384 g/mol. The van der Waals surface area contributed by atoms with Gasteiger partial charge in [-0.05, 0) is 48.4 Å². The van der Waals surface area contributed by atoms with Gasteiger partial charge in [-0.3, -0.25) is 0 Å². The molecule has 0 N–H and O–H groups in total. The van der Waals surface area contributed by atoms with Crippen molar-refractivity contribution in [2.45, 2.75) is 32.8 Å². The first kappa shape index (κ1) is 20.6. The lowest BCUT2D eigenvalue weighted by molar-refractivity contribution is -0.0504. The van der Waals surface area contributed by atoms with Crippen LogP contribution in [0.25, 0.3) is 0 Å². The fraction of sp³-hybridized carbons (Fsp3) is 0.300. The molecular formula is C20H17F5O2. The van der Waals surface area contributed by atoms with E-state index in [0.717, 1.165) is 6.07 Å². The van der Waals surface area contributed by atoms with Gasteiger partial charge in [-0.1, -0.05) is 18.8 Å². The fourth-order valence-corrected chi connectivity index (χ4v) is 2.24. The van der Waals surface area contributed by atoms with E-state index in [-0.39, 0.29) is 18.1 Å². The van der Waals surface area contributed by atoms with E-state index in [2.05, 4.69) is 16.6 Å². The summed E-state index contributed by atoms with van der Waals surface area (Å²) in [6.45, 7) is -1.42. The first-order chi connectivity index (χ1) is 12.9. The van der Waals surface area contributed by atoms with Gasteiger partial charge in [0.25, 0.3) is 0 Å². The molecule has 2 nitrogen and oxygen atoms in total. The lowest BCUT2D eigenvalue weighted by atomic mass is 10.1. The number of halogens is 5. The number of hydrogen-bond acceptors (Lipinski definition) is 2. The van der Waals surface area contributed by atoms with Crippen LogP contribution in [0.1, 0.15) is 30.0 Å². The van der Waals surface area contributed by atoms with E-state index >= 15 is 0 Å². The Labute approximate surface area is 153 Å². The molecule has 2 aromatic carbocycles. The van der Waals surface area contributed by atoms with E-state index in [9.17, 15) is 22.0 Å². The van der Waals surface area contributed by atoms with Crippen molar-refractivity contribution < 1.29 is 31.4 Å². The van der Waals surface area contributed by atoms with Crippen LogP contribution in [0.2, 0.25) is 0 Å². The molecule has 2 rings (SSSR count). The summed E-state index contributed by atoms with van der Waals surface area (Å²) in [4.78, 5) is 0. The van der Waals surface area contributed by atoms with Gasteiger partial charge < -0.3 is 9.47 Å². The van der Waals surface area contributed by atoms with E-state index < -0.39 is 25.3 Å². The summed E-state index contributed by atoms with van der Waals surface area (Å²) >= 11 is 0. The van der Waals surface area contributed by atoms with Crippen LogP contribution in [0, 0.1) is 17.7 Å². The Bertz CT molecular complexity index is 825. The third-order valence-electron chi connectivity index (χ3n) is 3.53. The molecule has 0 radical (unpaired) electrons. The maximum absolute atomic E-state index is 13.7. The molecule has 0 heterocycles. The molecule has 0 unspecified atom stereocenters. The largest absolute Gasteiger partial charge is 0.490 e. The zero-order valence-electron chi connectivity index (χ0n) is 14.4. The fourth-order valence-electron chi connectivity index (χ4n) is 2.24. The molecule has 0 aromatic heterocycles. The van der Waals surface area contributed by atoms with Gasteiger partial charge in [0.05, 0.1) is 6.61 Å². The molecule has 0 aliphatic heterocycles. The highest BCUT2D eigenvalue weighted by Crippen LogP contribution is 2.23. The van der Waals surface area contributed by atoms with Gasteiger partial charge in [0.1, 0.15) is 5.75 Å². The number of aryl methyl sites for hydroxylation is 1. The van der Waals surface area contributed by atoms with Gasteiger partial charge in [-0.15, -0.1) is 0 Å². The number of rotatable bonds is 7. The summed E-state index contributed by atoms with van der Waals surface area (Å²) < 4.78 is 72.2. The molecule has 0 aliphatic carbocycles. The molecular weight excluding hydrogens is 367 g/mol. The van der Waals surface area contributed by atoms with Crippen molar-refractivity contribution in [3.05, 3.63) is 58.9 Å². The van der Waals surface area contributed by atoms with Crippen LogP contribution in [0.15, 0.2) is 36.4 Å². The van der Waals surface area contributed by atoms with Gasteiger partial charge in [0.15, 0.2) is 11.6 Å². The van der Waals surface area contributed by atoms with Gasteiger partial charge in [-0.2, -0.15) is 8.78 Å². The minimum absolute atomic E-state index is 0.0922. The summed E-state index contributed by atoms with van der Waals surface area (Å²) in [5.74, 6) is 4.92. The van der Waals surface area contributed by atoms with E-state index in [0.29, 0.717) is 23.1 Å². The molecule has 27 heavy (non-hydrogen) atoms. The van der Waals surface area contributed by atoms with Gasteiger partial charge in [0.2, 0.25) is 6.43 Å². The van der Waals surface area contributed by atoms with Crippen LogP contribution in [-0.2, 0) is 6.42 Å². The number of ether oxygens (including phenoxy) is 2. The van der Waals surface area contributed by atoms with Crippen molar-refractivity contribution >= 4 is 0 Å². The number of alkyl halides is 4. The SMILES string of the molecule is CCc1cc(C#Cc2ccc(F)c(OCCC(F)F)c2)ccc1OC(F)F. The lowest BCUT2D eigenvalue weighted by Gasteiger charge is -2.09. The van der Waals surface area contributed by atoms with Crippen molar-refractivity contribution in [1.82, 2.24) is 0 Å².